The maximum Gasteiger partial charge on any atom is 0.119 e. The Morgan fingerprint density at radius 1 is 1.17 bits per heavy atom. The molecule has 0 saturated carbocycles. The molecule has 1 aromatic rings. The first-order chi connectivity index (χ1) is 8.81. The van der Waals surface area contributed by atoms with E-state index in [9.17, 15) is 5.11 Å². The van der Waals surface area contributed by atoms with Gasteiger partial charge in [-0.2, -0.15) is 0 Å². The average Bonchev–Trinajstić information content (AvgIpc) is 2.38. The van der Waals surface area contributed by atoms with Crippen molar-refractivity contribution in [3.05, 3.63) is 29.3 Å². The number of hydrogen-bond acceptors (Lipinski definition) is 3. The zero-order valence-corrected chi connectivity index (χ0v) is 10.7. The van der Waals surface area contributed by atoms with Crippen molar-refractivity contribution in [2.75, 3.05) is 26.4 Å². The highest BCUT2D eigenvalue weighted by atomic mass is 16.5. The molecule has 0 aromatic heterocycles. The minimum absolute atomic E-state index is 0.137. The number of aliphatic hydroxyl groups excluding tert-OH is 1. The molecule has 1 aromatic carbocycles. The third-order valence-electron chi connectivity index (χ3n) is 4.02. The summed E-state index contributed by atoms with van der Waals surface area (Å²) in [6.07, 6.45) is 4.95. The number of aliphatic hydroxyl groups is 1. The van der Waals surface area contributed by atoms with Gasteiger partial charge < -0.3 is 14.6 Å². The van der Waals surface area contributed by atoms with Gasteiger partial charge in [-0.15, -0.1) is 0 Å². The fourth-order valence-electron chi connectivity index (χ4n) is 2.65. The van der Waals surface area contributed by atoms with Crippen LogP contribution in [0.3, 0.4) is 0 Å². The number of fused-ring (bicyclic) bond motifs is 1. The van der Waals surface area contributed by atoms with Crippen LogP contribution in [0.15, 0.2) is 18.2 Å². The van der Waals surface area contributed by atoms with Crippen LogP contribution >= 0.6 is 0 Å². The van der Waals surface area contributed by atoms with Crippen LogP contribution in [0, 0.1) is 5.41 Å². The fraction of sp³-hybridized carbons (Fsp3) is 0.600. The first-order valence-corrected chi connectivity index (χ1v) is 6.75. The molecule has 0 atom stereocenters. The molecule has 0 unspecified atom stereocenters. The molecule has 98 valence electrons. The van der Waals surface area contributed by atoms with Gasteiger partial charge in [0, 0.05) is 0 Å². The van der Waals surface area contributed by atoms with Crippen molar-refractivity contribution in [3.8, 4) is 5.75 Å². The third kappa shape index (κ3) is 2.25. The molecule has 3 rings (SSSR count). The molecule has 18 heavy (non-hydrogen) atoms. The molecule has 1 fully saturated rings. The van der Waals surface area contributed by atoms with Gasteiger partial charge in [0.05, 0.1) is 25.2 Å². The SMILES string of the molecule is OCC1(COc2ccc3c(c2)CCCC3)COC1. The lowest BCUT2D eigenvalue weighted by Crippen LogP contribution is -2.49. The van der Waals surface area contributed by atoms with E-state index in [1.54, 1.807) is 0 Å². The molecule has 1 aliphatic carbocycles. The van der Waals surface area contributed by atoms with Crippen LogP contribution in [-0.2, 0) is 17.6 Å². The lowest BCUT2D eigenvalue weighted by atomic mass is 9.88. The Morgan fingerprint density at radius 3 is 2.61 bits per heavy atom. The molecule has 2 aliphatic rings. The van der Waals surface area contributed by atoms with Crippen molar-refractivity contribution in [2.45, 2.75) is 25.7 Å². The lowest BCUT2D eigenvalue weighted by Gasteiger charge is -2.39. The van der Waals surface area contributed by atoms with Gasteiger partial charge in [-0.1, -0.05) is 6.07 Å². The summed E-state index contributed by atoms with van der Waals surface area (Å²) in [4.78, 5) is 0. The van der Waals surface area contributed by atoms with E-state index >= 15 is 0 Å². The van der Waals surface area contributed by atoms with Gasteiger partial charge in [-0.05, 0) is 48.9 Å². The van der Waals surface area contributed by atoms with Crippen molar-refractivity contribution >= 4 is 0 Å². The summed E-state index contributed by atoms with van der Waals surface area (Å²) in [5.41, 5.74) is 2.73. The van der Waals surface area contributed by atoms with E-state index in [4.69, 9.17) is 9.47 Å². The topological polar surface area (TPSA) is 38.7 Å². The molecule has 0 amide bonds. The Labute approximate surface area is 108 Å². The summed E-state index contributed by atoms with van der Waals surface area (Å²) in [5.74, 6) is 0.926. The summed E-state index contributed by atoms with van der Waals surface area (Å²) in [6.45, 7) is 1.89. The Morgan fingerprint density at radius 2 is 1.94 bits per heavy atom. The highest BCUT2D eigenvalue weighted by molar-refractivity contribution is 5.37. The molecule has 3 nitrogen and oxygen atoms in total. The highest BCUT2D eigenvalue weighted by Crippen LogP contribution is 2.30. The monoisotopic (exact) mass is 248 g/mol. The Bertz CT molecular complexity index is 418. The summed E-state index contributed by atoms with van der Waals surface area (Å²) < 4.78 is 11.0. The molecule has 1 heterocycles. The van der Waals surface area contributed by atoms with Gasteiger partial charge in [0.25, 0.3) is 0 Å². The second-order valence-corrected chi connectivity index (χ2v) is 5.58. The van der Waals surface area contributed by atoms with Gasteiger partial charge in [0.1, 0.15) is 12.4 Å². The van der Waals surface area contributed by atoms with Gasteiger partial charge >= 0.3 is 0 Å². The molecule has 1 saturated heterocycles. The van der Waals surface area contributed by atoms with E-state index in [0.717, 1.165) is 5.75 Å². The second-order valence-electron chi connectivity index (χ2n) is 5.58. The first kappa shape index (κ1) is 12.0. The number of rotatable bonds is 4. The minimum atomic E-state index is -0.171. The Kier molecular flexibility index (Phi) is 3.27. The smallest absolute Gasteiger partial charge is 0.119 e. The fourth-order valence-corrected chi connectivity index (χ4v) is 2.65. The van der Waals surface area contributed by atoms with E-state index in [1.807, 2.05) is 0 Å². The third-order valence-corrected chi connectivity index (χ3v) is 4.02. The standard InChI is InChI=1S/C15H20O3/c16-8-15(9-17-10-15)11-18-14-6-5-12-3-1-2-4-13(12)7-14/h5-7,16H,1-4,8-11H2. The van der Waals surface area contributed by atoms with Crippen molar-refractivity contribution in [2.24, 2.45) is 5.41 Å². The van der Waals surface area contributed by atoms with E-state index < -0.39 is 0 Å². The van der Waals surface area contributed by atoms with Gasteiger partial charge in [-0.3, -0.25) is 0 Å². The summed E-state index contributed by atoms with van der Waals surface area (Å²) in [6, 6.07) is 6.40. The summed E-state index contributed by atoms with van der Waals surface area (Å²) >= 11 is 0. The van der Waals surface area contributed by atoms with Crippen molar-refractivity contribution in [3.63, 3.8) is 0 Å². The average molecular weight is 248 g/mol. The first-order valence-electron chi connectivity index (χ1n) is 6.75. The van der Waals surface area contributed by atoms with E-state index in [0.29, 0.717) is 19.8 Å². The lowest BCUT2D eigenvalue weighted by molar-refractivity contribution is -0.153. The molecule has 0 bridgehead atoms. The molecular weight excluding hydrogens is 228 g/mol. The Balaban J connectivity index is 1.66. The van der Waals surface area contributed by atoms with Gasteiger partial charge in [-0.25, -0.2) is 0 Å². The van der Waals surface area contributed by atoms with Crippen molar-refractivity contribution in [1.82, 2.24) is 0 Å². The predicted octanol–water partition coefficient (Wildman–Crippen LogP) is 1.95. The van der Waals surface area contributed by atoms with Crippen LogP contribution in [-0.4, -0.2) is 31.5 Å². The van der Waals surface area contributed by atoms with Crippen LogP contribution in [0.25, 0.3) is 0 Å². The van der Waals surface area contributed by atoms with Crippen LogP contribution in [0.4, 0.5) is 0 Å². The molecular formula is C15H20O3. The van der Waals surface area contributed by atoms with Crippen molar-refractivity contribution < 1.29 is 14.6 Å². The van der Waals surface area contributed by atoms with Gasteiger partial charge in [0.2, 0.25) is 0 Å². The number of ether oxygens (including phenoxy) is 2. The van der Waals surface area contributed by atoms with Crippen LogP contribution in [0.2, 0.25) is 0 Å². The summed E-state index contributed by atoms with van der Waals surface area (Å²) in [7, 11) is 0. The minimum Gasteiger partial charge on any atom is -0.493 e. The number of benzene rings is 1. The molecule has 1 aliphatic heterocycles. The largest absolute Gasteiger partial charge is 0.493 e. The molecule has 1 N–H and O–H groups in total. The maximum absolute atomic E-state index is 9.35. The predicted molar refractivity (Wildman–Crippen MR) is 68.9 cm³/mol. The van der Waals surface area contributed by atoms with E-state index in [1.165, 1.54) is 36.8 Å². The van der Waals surface area contributed by atoms with Crippen LogP contribution < -0.4 is 4.74 Å². The Hall–Kier alpha value is -1.06. The highest BCUT2D eigenvalue weighted by Gasteiger charge is 2.39. The van der Waals surface area contributed by atoms with Crippen LogP contribution in [0.1, 0.15) is 24.0 Å². The second kappa shape index (κ2) is 4.90. The maximum atomic E-state index is 9.35. The molecule has 0 radical (unpaired) electrons. The van der Waals surface area contributed by atoms with Gasteiger partial charge in [0.15, 0.2) is 0 Å². The van der Waals surface area contributed by atoms with E-state index in [-0.39, 0.29) is 12.0 Å². The summed E-state index contributed by atoms with van der Waals surface area (Å²) in [5, 5.41) is 9.35. The zero-order valence-electron chi connectivity index (χ0n) is 10.7. The molecule has 0 spiro atoms. The van der Waals surface area contributed by atoms with Crippen LogP contribution in [0.5, 0.6) is 5.75 Å². The molecule has 3 heteroatoms. The number of hydrogen-bond donors (Lipinski definition) is 1. The van der Waals surface area contributed by atoms with Crippen molar-refractivity contribution in [1.29, 1.82) is 0 Å². The van der Waals surface area contributed by atoms with E-state index in [2.05, 4.69) is 18.2 Å². The number of aryl methyl sites for hydroxylation is 2. The quantitative estimate of drug-likeness (QED) is 0.885. The zero-order chi connectivity index (χ0) is 12.4. The normalized spacial score (nSPS) is 20.9.